The van der Waals surface area contributed by atoms with Crippen molar-refractivity contribution in [2.24, 2.45) is 5.92 Å². The summed E-state index contributed by atoms with van der Waals surface area (Å²) in [5, 5.41) is 3.86. The van der Waals surface area contributed by atoms with E-state index >= 15 is 0 Å². The van der Waals surface area contributed by atoms with Crippen molar-refractivity contribution in [2.45, 2.75) is 19.4 Å². The minimum atomic E-state index is -0.919. The number of anilines is 1. The zero-order valence-electron chi connectivity index (χ0n) is 11.7. The number of rotatable bonds is 6. The van der Waals surface area contributed by atoms with E-state index in [4.69, 9.17) is 21.1 Å². The Morgan fingerprint density at radius 1 is 1.32 bits per heavy atom. The van der Waals surface area contributed by atoms with Crippen LogP contribution in [0, 0.1) is 5.92 Å². The molecule has 0 aliphatic carbocycles. The highest BCUT2D eigenvalue weighted by molar-refractivity contribution is 6.30. The summed E-state index contributed by atoms with van der Waals surface area (Å²) in [6.45, 7) is 4.11. The number of hydrogen-bond acceptors (Lipinski definition) is 4. The molecule has 0 fully saturated rings. The van der Waals surface area contributed by atoms with Gasteiger partial charge >= 0.3 is 5.97 Å². The molecule has 1 aromatic rings. The molecule has 0 heterocycles. The van der Waals surface area contributed by atoms with Gasteiger partial charge in [-0.2, -0.15) is 0 Å². The number of carbonyl (C=O) groups excluding carboxylic acids is 1. The van der Waals surface area contributed by atoms with E-state index in [9.17, 15) is 4.79 Å². The Balaban J connectivity index is 3.08. The van der Waals surface area contributed by atoms with Crippen LogP contribution in [0.2, 0.25) is 5.02 Å². The number of ether oxygens (including phenoxy) is 2. The van der Waals surface area contributed by atoms with Crippen LogP contribution in [-0.4, -0.2) is 32.3 Å². The largest absolute Gasteiger partial charge is 0.467 e. The minimum absolute atomic E-state index is 0.00409. The molecule has 1 aromatic carbocycles. The average Bonchev–Trinajstić information content (AvgIpc) is 2.39. The third-order valence-electron chi connectivity index (χ3n) is 3.12. The van der Waals surface area contributed by atoms with E-state index in [0.29, 0.717) is 5.02 Å². The number of benzene rings is 1. The lowest BCUT2D eigenvalue weighted by molar-refractivity contribution is -0.150. The topological polar surface area (TPSA) is 47.6 Å². The van der Waals surface area contributed by atoms with Crippen LogP contribution < -0.4 is 5.32 Å². The van der Waals surface area contributed by atoms with Gasteiger partial charge in [-0.1, -0.05) is 25.4 Å². The summed E-state index contributed by atoms with van der Waals surface area (Å²) in [5.74, 6) is -0.352. The summed E-state index contributed by atoms with van der Waals surface area (Å²) in [4.78, 5) is 12.1. The van der Waals surface area contributed by atoms with Gasteiger partial charge in [-0.15, -0.1) is 0 Å². The average molecular weight is 286 g/mol. The molecule has 1 N–H and O–H groups in total. The molecular weight excluding hydrogens is 266 g/mol. The van der Waals surface area contributed by atoms with Crippen molar-refractivity contribution in [2.75, 3.05) is 26.1 Å². The monoisotopic (exact) mass is 285 g/mol. The molecule has 5 heteroatoms. The molecule has 0 amide bonds. The predicted molar refractivity (Wildman–Crippen MR) is 76.5 cm³/mol. The number of nitrogens with one attached hydrogen (secondary N) is 1. The van der Waals surface area contributed by atoms with E-state index < -0.39 is 5.54 Å². The van der Waals surface area contributed by atoms with Gasteiger partial charge in [-0.3, -0.25) is 0 Å². The van der Waals surface area contributed by atoms with Crippen molar-refractivity contribution < 1.29 is 14.3 Å². The lowest BCUT2D eigenvalue weighted by Gasteiger charge is -2.35. The van der Waals surface area contributed by atoms with Crippen molar-refractivity contribution in [1.82, 2.24) is 0 Å². The van der Waals surface area contributed by atoms with Gasteiger partial charge in [0.25, 0.3) is 0 Å². The molecule has 0 aromatic heterocycles. The molecule has 0 saturated heterocycles. The fraction of sp³-hybridized carbons (Fsp3) is 0.500. The first-order valence-corrected chi connectivity index (χ1v) is 6.45. The summed E-state index contributed by atoms with van der Waals surface area (Å²) in [6.07, 6.45) is 0. The van der Waals surface area contributed by atoms with Gasteiger partial charge in [0, 0.05) is 17.8 Å². The summed E-state index contributed by atoms with van der Waals surface area (Å²) in [6, 6.07) is 7.16. The molecule has 1 atom stereocenters. The van der Waals surface area contributed by atoms with Crippen LogP contribution in [0.1, 0.15) is 13.8 Å². The maximum absolute atomic E-state index is 12.1. The number of methoxy groups -OCH3 is 2. The van der Waals surface area contributed by atoms with E-state index in [-0.39, 0.29) is 18.5 Å². The van der Waals surface area contributed by atoms with Crippen molar-refractivity contribution >= 4 is 23.3 Å². The maximum atomic E-state index is 12.1. The highest BCUT2D eigenvalue weighted by Gasteiger charge is 2.43. The molecule has 106 valence electrons. The van der Waals surface area contributed by atoms with E-state index in [2.05, 4.69) is 5.32 Å². The van der Waals surface area contributed by atoms with Crippen LogP contribution >= 0.6 is 11.6 Å². The fourth-order valence-corrected chi connectivity index (χ4v) is 2.02. The summed E-state index contributed by atoms with van der Waals surface area (Å²) in [7, 11) is 2.93. The molecule has 0 aliphatic heterocycles. The SMILES string of the molecule is COCC(Nc1ccc(Cl)cc1)(C(=O)OC)C(C)C. The normalized spacial score (nSPS) is 14.0. The molecule has 0 spiro atoms. The number of hydrogen-bond donors (Lipinski definition) is 1. The van der Waals surface area contributed by atoms with Crippen molar-refractivity contribution in [3.63, 3.8) is 0 Å². The van der Waals surface area contributed by atoms with Gasteiger partial charge in [-0.25, -0.2) is 4.79 Å². The van der Waals surface area contributed by atoms with E-state index in [1.807, 2.05) is 26.0 Å². The second kappa shape index (κ2) is 6.78. The third kappa shape index (κ3) is 3.61. The first-order valence-electron chi connectivity index (χ1n) is 6.07. The quantitative estimate of drug-likeness (QED) is 0.817. The van der Waals surface area contributed by atoms with Crippen molar-refractivity contribution in [3.8, 4) is 0 Å². The summed E-state index contributed by atoms with van der Waals surface area (Å²) < 4.78 is 10.1. The van der Waals surface area contributed by atoms with Gasteiger partial charge < -0.3 is 14.8 Å². The Bertz CT molecular complexity index is 419. The Labute approximate surface area is 119 Å². The van der Waals surface area contributed by atoms with Crippen LogP contribution in [0.4, 0.5) is 5.69 Å². The molecule has 0 aliphatic rings. The second-order valence-electron chi connectivity index (χ2n) is 4.68. The first kappa shape index (κ1) is 15.8. The molecule has 0 radical (unpaired) electrons. The van der Waals surface area contributed by atoms with Crippen molar-refractivity contribution in [1.29, 1.82) is 0 Å². The third-order valence-corrected chi connectivity index (χ3v) is 3.37. The van der Waals surface area contributed by atoms with Gasteiger partial charge in [0.15, 0.2) is 5.54 Å². The van der Waals surface area contributed by atoms with E-state index in [1.165, 1.54) is 7.11 Å². The zero-order chi connectivity index (χ0) is 14.5. The van der Waals surface area contributed by atoms with Crippen LogP contribution in [0.5, 0.6) is 0 Å². The number of carbonyl (C=O) groups is 1. The fourth-order valence-electron chi connectivity index (χ4n) is 1.89. The Hall–Kier alpha value is -1.26. The Kier molecular flexibility index (Phi) is 5.63. The molecule has 1 rings (SSSR count). The lowest BCUT2D eigenvalue weighted by Crippen LogP contribution is -2.55. The molecule has 0 bridgehead atoms. The second-order valence-corrected chi connectivity index (χ2v) is 5.12. The van der Waals surface area contributed by atoms with Crippen LogP contribution in [0.15, 0.2) is 24.3 Å². The van der Waals surface area contributed by atoms with Gasteiger partial charge in [0.2, 0.25) is 0 Å². The summed E-state index contributed by atoms with van der Waals surface area (Å²) in [5.41, 5.74) is -0.127. The van der Waals surface area contributed by atoms with E-state index in [1.54, 1.807) is 19.2 Å². The molecule has 19 heavy (non-hydrogen) atoms. The highest BCUT2D eigenvalue weighted by Crippen LogP contribution is 2.26. The smallest absolute Gasteiger partial charge is 0.334 e. The highest BCUT2D eigenvalue weighted by atomic mass is 35.5. The van der Waals surface area contributed by atoms with Gasteiger partial charge in [0.1, 0.15) is 0 Å². The molecular formula is C14H20ClNO3. The van der Waals surface area contributed by atoms with Crippen LogP contribution in [0.3, 0.4) is 0 Å². The van der Waals surface area contributed by atoms with Crippen LogP contribution in [-0.2, 0) is 14.3 Å². The van der Waals surface area contributed by atoms with Crippen LogP contribution in [0.25, 0.3) is 0 Å². The first-order chi connectivity index (χ1) is 8.96. The number of esters is 1. The molecule has 4 nitrogen and oxygen atoms in total. The Morgan fingerprint density at radius 2 is 1.89 bits per heavy atom. The lowest BCUT2D eigenvalue weighted by atomic mass is 9.86. The molecule has 0 saturated carbocycles. The van der Waals surface area contributed by atoms with Gasteiger partial charge in [0.05, 0.1) is 13.7 Å². The Morgan fingerprint density at radius 3 is 2.32 bits per heavy atom. The predicted octanol–water partition coefficient (Wildman–Crippen LogP) is 2.97. The zero-order valence-corrected chi connectivity index (χ0v) is 12.5. The standard InChI is InChI=1S/C14H20ClNO3/c1-10(2)14(9-18-3,13(17)19-4)16-12-7-5-11(15)6-8-12/h5-8,10,16H,9H2,1-4H3. The summed E-state index contributed by atoms with van der Waals surface area (Å²) >= 11 is 5.85. The van der Waals surface area contributed by atoms with Gasteiger partial charge in [-0.05, 0) is 30.2 Å². The number of halogens is 1. The minimum Gasteiger partial charge on any atom is -0.467 e. The molecule has 1 unspecified atom stereocenters. The van der Waals surface area contributed by atoms with Crippen molar-refractivity contribution in [3.05, 3.63) is 29.3 Å². The van der Waals surface area contributed by atoms with E-state index in [0.717, 1.165) is 5.69 Å². The maximum Gasteiger partial charge on any atom is 0.334 e.